The third-order valence-corrected chi connectivity index (χ3v) is 5.06. The molecule has 2 heterocycles. The Hall–Kier alpha value is -3.55. The van der Waals surface area contributed by atoms with Crippen LogP contribution in [-0.2, 0) is 14.3 Å². The van der Waals surface area contributed by atoms with Gasteiger partial charge in [0.05, 0.1) is 17.6 Å². The van der Waals surface area contributed by atoms with Gasteiger partial charge in [-0.05, 0) is 50.2 Å². The smallest absolute Gasteiger partial charge is 0.338 e. The predicted octanol–water partition coefficient (Wildman–Crippen LogP) is 3.01. The first-order chi connectivity index (χ1) is 14.9. The first kappa shape index (κ1) is 20.7. The van der Waals surface area contributed by atoms with Crippen molar-refractivity contribution < 1.29 is 28.6 Å². The number of esters is 1. The van der Waals surface area contributed by atoms with Crippen LogP contribution in [0.5, 0.6) is 11.5 Å². The zero-order chi connectivity index (χ0) is 22.0. The van der Waals surface area contributed by atoms with E-state index in [0.29, 0.717) is 41.7 Å². The van der Waals surface area contributed by atoms with Gasteiger partial charge in [-0.1, -0.05) is 0 Å². The number of carbonyl (C=O) groups is 3. The Labute approximate surface area is 180 Å². The Kier molecular flexibility index (Phi) is 5.79. The fourth-order valence-electron chi connectivity index (χ4n) is 3.55. The Morgan fingerprint density at radius 2 is 1.77 bits per heavy atom. The lowest BCUT2D eigenvalue weighted by atomic mass is 10.1. The molecule has 0 aliphatic carbocycles. The number of benzene rings is 2. The summed E-state index contributed by atoms with van der Waals surface area (Å²) in [4.78, 5) is 38.8. The van der Waals surface area contributed by atoms with Crippen LogP contribution in [0.1, 0.15) is 30.6 Å². The summed E-state index contributed by atoms with van der Waals surface area (Å²) in [6.07, 6.45) is -0.0806. The number of nitrogens with zero attached hydrogens (tertiary/aromatic N) is 1. The van der Waals surface area contributed by atoms with Crippen molar-refractivity contribution in [1.29, 1.82) is 0 Å². The minimum absolute atomic E-state index is 0.122. The average Bonchev–Trinajstić information content (AvgIpc) is 3.15. The molecule has 0 saturated carbocycles. The number of rotatable bonds is 5. The normalized spacial score (nSPS) is 17.6. The second-order valence-corrected chi connectivity index (χ2v) is 7.75. The van der Waals surface area contributed by atoms with E-state index in [1.165, 1.54) is 0 Å². The monoisotopic (exact) mass is 424 g/mol. The number of amides is 2. The average molecular weight is 424 g/mol. The van der Waals surface area contributed by atoms with Gasteiger partial charge in [0.15, 0.2) is 11.5 Å². The van der Waals surface area contributed by atoms with Crippen LogP contribution in [0.2, 0.25) is 0 Å². The Balaban J connectivity index is 1.39. The molecule has 0 spiro atoms. The van der Waals surface area contributed by atoms with Gasteiger partial charge in [-0.15, -0.1) is 0 Å². The lowest BCUT2D eigenvalue weighted by molar-refractivity contribution is -0.122. The molecule has 2 amide bonds. The van der Waals surface area contributed by atoms with E-state index in [1.54, 1.807) is 61.2 Å². The summed E-state index contributed by atoms with van der Waals surface area (Å²) in [5.74, 6) is -0.0117. The van der Waals surface area contributed by atoms with E-state index in [-0.39, 0.29) is 30.9 Å². The molecule has 2 aromatic carbocycles. The van der Waals surface area contributed by atoms with E-state index in [2.05, 4.69) is 5.32 Å². The topological polar surface area (TPSA) is 94.2 Å². The molecular formula is C23H24N2O6. The van der Waals surface area contributed by atoms with Gasteiger partial charge in [-0.25, -0.2) is 4.79 Å². The van der Waals surface area contributed by atoms with Crippen LogP contribution in [0.3, 0.4) is 0 Å². The van der Waals surface area contributed by atoms with Crippen molar-refractivity contribution in [2.24, 2.45) is 5.92 Å². The molecule has 2 aliphatic heterocycles. The van der Waals surface area contributed by atoms with E-state index >= 15 is 0 Å². The zero-order valence-corrected chi connectivity index (χ0v) is 17.4. The Bertz CT molecular complexity index is 1000. The fourth-order valence-corrected chi connectivity index (χ4v) is 3.55. The van der Waals surface area contributed by atoms with Crippen LogP contribution in [0.25, 0.3) is 0 Å². The number of ether oxygens (including phenoxy) is 3. The van der Waals surface area contributed by atoms with Crippen molar-refractivity contribution in [3.05, 3.63) is 48.0 Å². The molecule has 0 radical (unpaired) electrons. The van der Waals surface area contributed by atoms with Crippen molar-refractivity contribution in [2.75, 3.05) is 30.0 Å². The molecule has 1 fully saturated rings. The molecule has 8 nitrogen and oxygen atoms in total. The molecule has 0 bridgehead atoms. The molecule has 0 aromatic heterocycles. The first-order valence-electron chi connectivity index (χ1n) is 10.2. The van der Waals surface area contributed by atoms with Crippen molar-refractivity contribution in [1.82, 2.24) is 0 Å². The predicted molar refractivity (Wildman–Crippen MR) is 114 cm³/mol. The van der Waals surface area contributed by atoms with Crippen LogP contribution >= 0.6 is 0 Å². The summed E-state index contributed by atoms with van der Waals surface area (Å²) in [5.41, 5.74) is 1.64. The lowest BCUT2D eigenvalue weighted by Crippen LogP contribution is -2.28. The Morgan fingerprint density at radius 1 is 1.06 bits per heavy atom. The van der Waals surface area contributed by atoms with Gasteiger partial charge in [0.2, 0.25) is 11.8 Å². The largest absolute Gasteiger partial charge is 0.486 e. The number of nitrogens with one attached hydrogen (secondary N) is 1. The van der Waals surface area contributed by atoms with Gasteiger partial charge in [0, 0.05) is 30.4 Å². The van der Waals surface area contributed by atoms with Gasteiger partial charge >= 0.3 is 5.97 Å². The SMILES string of the molecule is CC(C)OC(=O)c1ccc(NC(=O)[C@@H]2CC(=O)N(c3ccc4c(c3)OCCO4)C2)cc1. The third-order valence-electron chi connectivity index (χ3n) is 5.06. The molecule has 0 unspecified atom stereocenters. The quantitative estimate of drug-likeness (QED) is 0.742. The summed E-state index contributed by atoms with van der Waals surface area (Å²) in [7, 11) is 0. The van der Waals surface area contributed by atoms with E-state index < -0.39 is 11.9 Å². The van der Waals surface area contributed by atoms with Crippen LogP contribution in [0, 0.1) is 5.92 Å². The molecule has 162 valence electrons. The third kappa shape index (κ3) is 4.63. The molecule has 31 heavy (non-hydrogen) atoms. The molecule has 1 atom stereocenters. The maximum absolute atomic E-state index is 12.7. The standard InChI is InChI=1S/C23H24N2O6/c1-14(2)31-23(28)15-3-5-17(6-4-15)24-22(27)16-11-21(26)25(13-16)18-7-8-19-20(12-18)30-10-9-29-19/h3-8,12,14,16H,9-11,13H2,1-2H3,(H,24,27)/t16-/m1/s1. The number of carbonyl (C=O) groups excluding carboxylic acids is 3. The van der Waals surface area contributed by atoms with Crippen molar-refractivity contribution in [2.45, 2.75) is 26.4 Å². The highest BCUT2D eigenvalue weighted by molar-refractivity contribution is 6.03. The molecule has 1 N–H and O–H groups in total. The van der Waals surface area contributed by atoms with Gasteiger partial charge in [0.25, 0.3) is 0 Å². The van der Waals surface area contributed by atoms with E-state index in [1.807, 2.05) is 0 Å². The minimum Gasteiger partial charge on any atom is -0.486 e. The summed E-state index contributed by atoms with van der Waals surface area (Å²) < 4.78 is 16.3. The van der Waals surface area contributed by atoms with Crippen LogP contribution in [-0.4, -0.2) is 43.6 Å². The molecule has 2 aliphatic rings. The van der Waals surface area contributed by atoms with E-state index in [9.17, 15) is 14.4 Å². The Morgan fingerprint density at radius 3 is 2.48 bits per heavy atom. The van der Waals surface area contributed by atoms with Crippen LogP contribution < -0.4 is 19.7 Å². The van der Waals surface area contributed by atoms with Crippen molar-refractivity contribution >= 4 is 29.2 Å². The summed E-state index contributed by atoms with van der Waals surface area (Å²) in [6, 6.07) is 11.8. The minimum atomic E-state index is -0.480. The second kappa shape index (κ2) is 8.67. The summed E-state index contributed by atoms with van der Waals surface area (Å²) >= 11 is 0. The number of hydrogen-bond donors (Lipinski definition) is 1. The van der Waals surface area contributed by atoms with Gasteiger partial charge < -0.3 is 24.4 Å². The van der Waals surface area contributed by atoms with Crippen molar-refractivity contribution in [3.63, 3.8) is 0 Å². The molecule has 1 saturated heterocycles. The first-order valence-corrected chi connectivity index (χ1v) is 10.2. The maximum atomic E-state index is 12.7. The second-order valence-electron chi connectivity index (χ2n) is 7.75. The summed E-state index contributed by atoms with van der Waals surface area (Å²) in [5, 5.41) is 2.82. The molecule has 4 rings (SSSR count). The van der Waals surface area contributed by atoms with E-state index in [4.69, 9.17) is 14.2 Å². The highest BCUT2D eigenvalue weighted by Gasteiger charge is 2.35. The van der Waals surface area contributed by atoms with Gasteiger partial charge in [-0.2, -0.15) is 0 Å². The van der Waals surface area contributed by atoms with Gasteiger partial charge in [0.1, 0.15) is 13.2 Å². The number of fused-ring (bicyclic) bond motifs is 1. The zero-order valence-electron chi connectivity index (χ0n) is 17.4. The number of anilines is 2. The highest BCUT2D eigenvalue weighted by Crippen LogP contribution is 2.36. The maximum Gasteiger partial charge on any atom is 0.338 e. The van der Waals surface area contributed by atoms with Crippen molar-refractivity contribution in [3.8, 4) is 11.5 Å². The lowest BCUT2D eigenvalue weighted by Gasteiger charge is -2.22. The highest BCUT2D eigenvalue weighted by atomic mass is 16.6. The van der Waals surface area contributed by atoms with Gasteiger partial charge in [-0.3, -0.25) is 9.59 Å². The molecular weight excluding hydrogens is 400 g/mol. The van der Waals surface area contributed by atoms with Crippen LogP contribution in [0.15, 0.2) is 42.5 Å². The fraction of sp³-hybridized carbons (Fsp3) is 0.348. The molecule has 2 aromatic rings. The summed E-state index contributed by atoms with van der Waals surface area (Å²) in [6.45, 7) is 4.80. The van der Waals surface area contributed by atoms with Crippen LogP contribution in [0.4, 0.5) is 11.4 Å². The van der Waals surface area contributed by atoms with E-state index in [0.717, 1.165) is 0 Å². The number of hydrogen-bond acceptors (Lipinski definition) is 6. The molecule has 8 heteroatoms.